The first kappa shape index (κ1) is 33.8. The fourth-order valence-electron chi connectivity index (χ4n) is 7.45. The van der Waals surface area contributed by atoms with Gasteiger partial charge in [-0.05, 0) is 88.2 Å². The van der Waals surface area contributed by atoms with Crippen molar-refractivity contribution in [2.75, 3.05) is 26.4 Å². The average molecular weight is 679 g/mol. The van der Waals surface area contributed by atoms with Crippen molar-refractivity contribution in [2.45, 2.75) is 70.4 Å². The zero-order valence-corrected chi connectivity index (χ0v) is 28.4. The van der Waals surface area contributed by atoms with Crippen LogP contribution < -0.4 is 5.56 Å². The molecule has 0 N–H and O–H groups in total. The first-order valence-electron chi connectivity index (χ1n) is 17.7. The summed E-state index contributed by atoms with van der Waals surface area (Å²) in [7, 11) is 0. The van der Waals surface area contributed by atoms with Crippen LogP contribution in [0.2, 0.25) is 0 Å². The Balaban J connectivity index is 0.946. The van der Waals surface area contributed by atoms with Crippen molar-refractivity contribution < 1.29 is 23.2 Å². The van der Waals surface area contributed by atoms with Gasteiger partial charge in [0.05, 0.1) is 11.6 Å². The molecule has 0 radical (unpaired) electrons. The lowest BCUT2D eigenvalue weighted by Crippen LogP contribution is -2.38. The van der Waals surface area contributed by atoms with Gasteiger partial charge in [0.1, 0.15) is 17.7 Å². The summed E-state index contributed by atoms with van der Waals surface area (Å²) in [6.45, 7) is 4.81. The number of likely N-dealkylation sites (tertiary alicyclic amines) is 1. The summed E-state index contributed by atoms with van der Waals surface area (Å²) in [6.07, 6.45) is 4.63. The Kier molecular flexibility index (Phi) is 10.5. The number of ether oxygens (including phenoxy) is 2. The standard InChI is InChI=1S/C40H43FN4O5/c1-27-33(18-22-44-20-16-30(17-21-44)37-34-15-14-32(41)25-36(34)50-43-37)39(46)45-19-8-13-35(38(45)42-27)48-26-49-40(47)31(23-28-9-4-2-5-10-28)24-29-11-6-3-7-12-29/h2-7,9-12,14-15,25,30-31,35H,8,13,16-24,26H2,1H3. The molecule has 50 heavy (non-hydrogen) atoms. The van der Waals surface area contributed by atoms with Crippen LogP contribution in [0.15, 0.2) is 88.2 Å². The van der Waals surface area contributed by atoms with Gasteiger partial charge in [-0.2, -0.15) is 0 Å². The number of carbonyl (C=O) groups excluding carboxylic acids is 1. The number of aryl methyl sites for hydroxylation is 1. The molecule has 5 aromatic rings. The molecule has 3 aromatic carbocycles. The molecule has 2 aromatic heterocycles. The van der Waals surface area contributed by atoms with Crippen LogP contribution >= 0.6 is 0 Å². The third-order valence-electron chi connectivity index (χ3n) is 10.2. The number of fused-ring (bicyclic) bond motifs is 2. The summed E-state index contributed by atoms with van der Waals surface area (Å²) >= 11 is 0. The quantitative estimate of drug-likeness (QED) is 0.106. The van der Waals surface area contributed by atoms with E-state index in [4.69, 9.17) is 19.0 Å². The summed E-state index contributed by atoms with van der Waals surface area (Å²) < 4.78 is 32.6. The number of aromatic nitrogens is 3. The molecule has 260 valence electrons. The van der Waals surface area contributed by atoms with Gasteiger partial charge in [0, 0.05) is 41.7 Å². The van der Waals surface area contributed by atoms with Crippen molar-refractivity contribution >= 4 is 16.9 Å². The predicted molar refractivity (Wildman–Crippen MR) is 187 cm³/mol. The third kappa shape index (κ3) is 7.71. The zero-order chi connectivity index (χ0) is 34.5. The van der Waals surface area contributed by atoms with Gasteiger partial charge in [-0.25, -0.2) is 9.37 Å². The van der Waals surface area contributed by atoms with E-state index in [1.807, 2.05) is 67.6 Å². The van der Waals surface area contributed by atoms with Gasteiger partial charge in [0.15, 0.2) is 12.4 Å². The van der Waals surface area contributed by atoms with E-state index >= 15 is 0 Å². The Morgan fingerprint density at radius 2 is 1.66 bits per heavy atom. The van der Waals surface area contributed by atoms with Crippen molar-refractivity contribution in [2.24, 2.45) is 5.92 Å². The predicted octanol–water partition coefficient (Wildman–Crippen LogP) is 6.71. The molecule has 2 aliphatic rings. The van der Waals surface area contributed by atoms with Gasteiger partial charge in [-0.15, -0.1) is 0 Å². The van der Waals surface area contributed by atoms with Crippen LogP contribution in [0, 0.1) is 18.7 Å². The summed E-state index contributed by atoms with van der Waals surface area (Å²) in [5.41, 5.74) is 4.97. The minimum atomic E-state index is -0.429. The second-order valence-electron chi connectivity index (χ2n) is 13.5. The van der Waals surface area contributed by atoms with E-state index in [0.717, 1.165) is 72.4 Å². The molecule has 2 aliphatic heterocycles. The van der Waals surface area contributed by atoms with E-state index in [0.29, 0.717) is 43.6 Å². The van der Waals surface area contributed by atoms with Crippen LogP contribution in [-0.2, 0) is 40.1 Å². The van der Waals surface area contributed by atoms with E-state index in [1.165, 1.54) is 12.1 Å². The van der Waals surface area contributed by atoms with Gasteiger partial charge in [-0.3, -0.25) is 14.2 Å². The van der Waals surface area contributed by atoms with E-state index in [9.17, 15) is 14.0 Å². The first-order chi connectivity index (χ1) is 24.4. The lowest BCUT2D eigenvalue weighted by Gasteiger charge is -2.31. The van der Waals surface area contributed by atoms with E-state index in [2.05, 4.69) is 10.1 Å². The van der Waals surface area contributed by atoms with Crippen LogP contribution in [0.4, 0.5) is 4.39 Å². The molecule has 9 nitrogen and oxygen atoms in total. The summed E-state index contributed by atoms with van der Waals surface area (Å²) in [4.78, 5) is 34.3. The van der Waals surface area contributed by atoms with E-state index < -0.39 is 6.10 Å². The molecule has 1 saturated heterocycles. The Labute approximate surface area is 291 Å². The summed E-state index contributed by atoms with van der Waals surface area (Å²) in [6, 6.07) is 24.5. The molecule has 0 spiro atoms. The molecular formula is C40H43FN4O5. The fourth-order valence-corrected chi connectivity index (χ4v) is 7.45. The highest BCUT2D eigenvalue weighted by molar-refractivity contribution is 5.80. The number of hydrogen-bond acceptors (Lipinski definition) is 8. The SMILES string of the molecule is Cc1nc2n(c(=O)c1CCN1CCC(c3noc4cc(F)ccc34)CC1)CCCC2OCOC(=O)C(Cc1ccccc1)Cc1ccccc1. The number of rotatable bonds is 12. The Hall–Kier alpha value is -4.67. The molecule has 7 rings (SSSR count). The minimum absolute atomic E-state index is 0.0141. The molecule has 1 unspecified atom stereocenters. The van der Waals surface area contributed by atoms with Gasteiger partial charge in [0.2, 0.25) is 0 Å². The van der Waals surface area contributed by atoms with E-state index in [-0.39, 0.29) is 36.0 Å². The Bertz CT molecular complexity index is 1930. The van der Waals surface area contributed by atoms with Crippen LogP contribution in [0.25, 0.3) is 11.0 Å². The average Bonchev–Trinajstić information content (AvgIpc) is 3.55. The molecule has 1 atom stereocenters. The number of halogens is 1. The summed E-state index contributed by atoms with van der Waals surface area (Å²) in [5.74, 6) is -0.134. The molecular weight excluding hydrogens is 635 g/mol. The smallest absolute Gasteiger partial charge is 0.311 e. The zero-order valence-electron chi connectivity index (χ0n) is 28.4. The Morgan fingerprint density at radius 1 is 0.960 bits per heavy atom. The summed E-state index contributed by atoms with van der Waals surface area (Å²) in [5, 5.41) is 5.15. The topological polar surface area (TPSA) is 99.7 Å². The van der Waals surface area contributed by atoms with Gasteiger partial charge in [0.25, 0.3) is 5.56 Å². The highest BCUT2D eigenvalue weighted by atomic mass is 19.1. The van der Waals surface area contributed by atoms with Gasteiger partial charge in [-0.1, -0.05) is 65.8 Å². The van der Waals surface area contributed by atoms with Crippen molar-refractivity contribution in [1.82, 2.24) is 19.6 Å². The number of esters is 1. The normalized spacial score (nSPS) is 16.9. The molecule has 1 fully saturated rings. The van der Waals surface area contributed by atoms with Crippen LogP contribution in [-0.4, -0.2) is 52.0 Å². The largest absolute Gasteiger partial charge is 0.438 e. The first-order valence-corrected chi connectivity index (χ1v) is 17.7. The van der Waals surface area contributed by atoms with Crippen molar-refractivity contribution in [1.29, 1.82) is 0 Å². The monoisotopic (exact) mass is 678 g/mol. The lowest BCUT2D eigenvalue weighted by atomic mass is 9.91. The fraction of sp³-hybridized carbons (Fsp3) is 0.400. The molecule has 4 heterocycles. The van der Waals surface area contributed by atoms with Gasteiger partial charge >= 0.3 is 5.97 Å². The lowest BCUT2D eigenvalue weighted by molar-refractivity contribution is -0.167. The number of nitrogens with zero attached hydrogens (tertiary/aromatic N) is 4. The maximum Gasteiger partial charge on any atom is 0.311 e. The van der Waals surface area contributed by atoms with Crippen LogP contribution in [0.1, 0.15) is 71.6 Å². The molecule has 0 aliphatic carbocycles. The van der Waals surface area contributed by atoms with Gasteiger partial charge < -0.3 is 18.9 Å². The molecule has 0 bridgehead atoms. The Morgan fingerprint density at radius 3 is 2.36 bits per heavy atom. The maximum atomic E-state index is 13.7. The second kappa shape index (κ2) is 15.5. The minimum Gasteiger partial charge on any atom is -0.438 e. The third-order valence-corrected chi connectivity index (χ3v) is 10.2. The second-order valence-corrected chi connectivity index (χ2v) is 13.5. The molecule has 0 saturated carbocycles. The number of piperidine rings is 1. The number of benzene rings is 3. The molecule has 0 amide bonds. The van der Waals surface area contributed by atoms with Crippen LogP contribution in [0.5, 0.6) is 0 Å². The van der Waals surface area contributed by atoms with Crippen molar-refractivity contribution in [3.63, 3.8) is 0 Å². The maximum absolute atomic E-state index is 13.7. The molecule has 10 heteroatoms. The number of carbonyl (C=O) groups is 1. The van der Waals surface area contributed by atoms with E-state index in [1.54, 1.807) is 10.6 Å². The highest BCUT2D eigenvalue weighted by Crippen LogP contribution is 2.33. The van der Waals surface area contributed by atoms with Crippen molar-refractivity contribution in [3.8, 4) is 0 Å². The van der Waals surface area contributed by atoms with Crippen LogP contribution in [0.3, 0.4) is 0 Å². The highest BCUT2D eigenvalue weighted by Gasteiger charge is 2.29. The number of hydrogen-bond donors (Lipinski definition) is 0. The van der Waals surface area contributed by atoms with Crippen molar-refractivity contribution in [3.05, 3.63) is 129 Å².